The molecule has 5 rings (SSSR count). The lowest BCUT2D eigenvalue weighted by atomic mass is 10.1. The molecule has 10 heteroatoms. The lowest BCUT2D eigenvalue weighted by Crippen LogP contribution is -2.35. The van der Waals surface area contributed by atoms with Gasteiger partial charge in [0.05, 0.1) is 23.5 Å². The summed E-state index contributed by atoms with van der Waals surface area (Å²) in [6, 6.07) is 5.37. The molecule has 0 spiro atoms. The third-order valence-electron chi connectivity index (χ3n) is 5.41. The number of anilines is 2. The predicted octanol–water partition coefficient (Wildman–Crippen LogP) is 3.47. The van der Waals surface area contributed by atoms with Crippen molar-refractivity contribution in [2.24, 2.45) is 5.92 Å². The second kappa shape index (κ2) is 6.72. The van der Waals surface area contributed by atoms with Gasteiger partial charge in [-0.15, -0.1) is 0 Å². The maximum absolute atomic E-state index is 13.3. The third-order valence-corrected chi connectivity index (χ3v) is 6.37. The summed E-state index contributed by atoms with van der Waals surface area (Å²) in [5.74, 6) is -2.56. The molecular formula is C19H19F2N5O2S. The van der Waals surface area contributed by atoms with Crippen molar-refractivity contribution in [1.82, 2.24) is 15.0 Å². The number of nitrogens with zero attached hydrogens (tertiary/aromatic N) is 5. The molecule has 29 heavy (non-hydrogen) atoms. The zero-order valence-electron chi connectivity index (χ0n) is 15.7. The zero-order chi connectivity index (χ0) is 20.2. The molecule has 0 bridgehead atoms. The number of rotatable bonds is 4. The number of aromatic nitrogens is 2. The first kappa shape index (κ1) is 18.4. The fourth-order valence-corrected chi connectivity index (χ4v) is 4.65. The van der Waals surface area contributed by atoms with Gasteiger partial charge in [-0.2, -0.15) is 0 Å². The molecule has 0 aromatic carbocycles. The van der Waals surface area contributed by atoms with E-state index >= 15 is 0 Å². The quantitative estimate of drug-likeness (QED) is 0.703. The van der Waals surface area contributed by atoms with Crippen molar-refractivity contribution in [2.75, 3.05) is 35.3 Å². The topological polar surface area (TPSA) is 65.7 Å². The highest BCUT2D eigenvalue weighted by Gasteiger charge is 2.57. The molecule has 2 aliphatic heterocycles. The van der Waals surface area contributed by atoms with Gasteiger partial charge < -0.3 is 9.42 Å². The molecule has 1 fully saturated rings. The SMILES string of the molecule is CN1SN(CC2CC2(F)F)c2ccc(C3=CCCN(C(=O)c4ccon4)C3)nc21. The lowest BCUT2D eigenvalue weighted by molar-refractivity contribution is 0.0764. The van der Waals surface area contributed by atoms with Crippen LogP contribution >= 0.6 is 12.1 Å². The van der Waals surface area contributed by atoms with Gasteiger partial charge >= 0.3 is 0 Å². The molecule has 1 saturated carbocycles. The molecule has 0 N–H and O–H groups in total. The highest BCUT2D eigenvalue weighted by Crippen LogP contribution is 2.52. The van der Waals surface area contributed by atoms with Crippen LogP contribution < -0.4 is 8.61 Å². The van der Waals surface area contributed by atoms with E-state index in [1.807, 2.05) is 27.8 Å². The zero-order valence-corrected chi connectivity index (χ0v) is 16.5. The van der Waals surface area contributed by atoms with Gasteiger partial charge in [0.1, 0.15) is 6.26 Å². The van der Waals surface area contributed by atoms with Gasteiger partial charge in [0.25, 0.3) is 11.8 Å². The molecule has 3 aliphatic rings. The van der Waals surface area contributed by atoms with E-state index in [1.54, 1.807) is 11.0 Å². The van der Waals surface area contributed by atoms with Crippen LogP contribution in [0.3, 0.4) is 0 Å². The van der Waals surface area contributed by atoms with Gasteiger partial charge in [0, 0.05) is 45.1 Å². The molecular weight excluding hydrogens is 400 g/mol. The van der Waals surface area contributed by atoms with Gasteiger partial charge in [-0.05, 0) is 24.1 Å². The first-order chi connectivity index (χ1) is 13.9. The normalized spacial score (nSPS) is 22.5. The number of hydrogen-bond acceptors (Lipinski definition) is 7. The molecule has 4 heterocycles. The van der Waals surface area contributed by atoms with E-state index in [9.17, 15) is 13.6 Å². The van der Waals surface area contributed by atoms with E-state index in [1.165, 1.54) is 18.4 Å². The summed E-state index contributed by atoms with van der Waals surface area (Å²) in [5.41, 5.74) is 2.88. The first-order valence-electron chi connectivity index (χ1n) is 9.39. The maximum atomic E-state index is 13.3. The Bertz CT molecular complexity index is 981. The Morgan fingerprint density at radius 1 is 1.38 bits per heavy atom. The number of carbonyl (C=O) groups excluding carboxylic acids is 1. The van der Waals surface area contributed by atoms with Crippen molar-refractivity contribution in [2.45, 2.75) is 18.8 Å². The number of hydrogen-bond donors (Lipinski definition) is 0. The van der Waals surface area contributed by atoms with Crippen LogP contribution in [0, 0.1) is 5.92 Å². The molecule has 2 aromatic rings. The minimum Gasteiger partial charge on any atom is -0.364 e. The van der Waals surface area contributed by atoms with Crippen molar-refractivity contribution in [1.29, 1.82) is 0 Å². The van der Waals surface area contributed by atoms with Crippen LogP contribution in [-0.4, -0.2) is 53.6 Å². The number of fused-ring (bicyclic) bond motifs is 1. The highest BCUT2D eigenvalue weighted by molar-refractivity contribution is 8.02. The van der Waals surface area contributed by atoms with Crippen LogP contribution in [-0.2, 0) is 0 Å². The van der Waals surface area contributed by atoms with E-state index in [-0.39, 0.29) is 18.0 Å². The average molecular weight is 419 g/mol. The smallest absolute Gasteiger partial charge is 0.276 e. The van der Waals surface area contributed by atoms with Crippen molar-refractivity contribution in [3.8, 4) is 0 Å². The van der Waals surface area contributed by atoms with Crippen LogP contribution in [0.4, 0.5) is 20.3 Å². The molecule has 0 radical (unpaired) electrons. The number of pyridine rings is 1. The Morgan fingerprint density at radius 2 is 2.21 bits per heavy atom. The second-order valence-corrected chi connectivity index (χ2v) is 8.62. The number of carbonyl (C=O) groups is 1. The molecule has 152 valence electrons. The number of amides is 1. The molecule has 1 aliphatic carbocycles. The first-order valence-corrected chi connectivity index (χ1v) is 10.1. The van der Waals surface area contributed by atoms with Crippen molar-refractivity contribution < 1.29 is 18.1 Å². The molecule has 1 unspecified atom stereocenters. The highest BCUT2D eigenvalue weighted by atomic mass is 32.2. The van der Waals surface area contributed by atoms with E-state index in [2.05, 4.69) is 11.2 Å². The minimum absolute atomic E-state index is 0.0448. The third kappa shape index (κ3) is 3.35. The van der Waals surface area contributed by atoms with E-state index in [0.29, 0.717) is 19.6 Å². The summed E-state index contributed by atoms with van der Waals surface area (Å²) in [6.07, 6.45) is 4.15. The summed E-state index contributed by atoms with van der Waals surface area (Å²) in [6.45, 7) is 1.35. The summed E-state index contributed by atoms with van der Waals surface area (Å²) < 4.78 is 35.2. The lowest BCUT2D eigenvalue weighted by Gasteiger charge is -2.26. The van der Waals surface area contributed by atoms with Gasteiger partial charge in [-0.25, -0.2) is 13.8 Å². The monoisotopic (exact) mass is 419 g/mol. The Labute approximate surface area is 170 Å². The largest absolute Gasteiger partial charge is 0.364 e. The number of halogens is 2. The van der Waals surface area contributed by atoms with Crippen LogP contribution in [0.1, 0.15) is 29.0 Å². The van der Waals surface area contributed by atoms with Gasteiger partial charge in [0.2, 0.25) is 0 Å². The Kier molecular flexibility index (Phi) is 4.27. The van der Waals surface area contributed by atoms with Crippen LogP contribution in [0.2, 0.25) is 0 Å². The molecule has 7 nitrogen and oxygen atoms in total. The van der Waals surface area contributed by atoms with Gasteiger partial charge in [-0.1, -0.05) is 11.2 Å². The van der Waals surface area contributed by atoms with E-state index < -0.39 is 11.8 Å². The van der Waals surface area contributed by atoms with Crippen LogP contribution in [0.25, 0.3) is 5.57 Å². The molecule has 2 aromatic heterocycles. The Balaban J connectivity index is 1.34. The van der Waals surface area contributed by atoms with Crippen LogP contribution in [0.5, 0.6) is 0 Å². The standard InChI is InChI=1S/C19H19F2N5O2S/c1-24-17-16(26(29-24)11-13-9-19(13,20)21)5-4-14(22-17)12-3-2-7-25(10-12)18(27)15-6-8-28-23-15/h3-6,8,13H,2,7,9-11H2,1H3. The van der Waals surface area contributed by atoms with Crippen LogP contribution in [0.15, 0.2) is 35.1 Å². The van der Waals surface area contributed by atoms with E-state index in [4.69, 9.17) is 9.51 Å². The number of alkyl halides is 2. The van der Waals surface area contributed by atoms with Crippen molar-refractivity contribution >= 4 is 35.1 Å². The predicted molar refractivity (Wildman–Crippen MR) is 106 cm³/mol. The maximum Gasteiger partial charge on any atom is 0.276 e. The van der Waals surface area contributed by atoms with Crippen molar-refractivity contribution in [3.63, 3.8) is 0 Å². The van der Waals surface area contributed by atoms with Gasteiger partial charge in [-0.3, -0.25) is 13.4 Å². The Morgan fingerprint density at radius 3 is 2.93 bits per heavy atom. The minimum atomic E-state index is -2.54. The van der Waals surface area contributed by atoms with Gasteiger partial charge in [0.15, 0.2) is 11.5 Å². The summed E-state index contributed by atoms with van der Waals surface area (Å²) in [4.78, 5) is 19.0. The fraction of sp³-hybridized carbons (Fsp3) is 0.421. The molecule has 1 atom stereocenters. The summed E-state index contributed by atoms with van der Waals surface area (Å²) >= 11 is 1.39. The van der Waals surface area contributed by atoms with Crippen molar-refractivity contribution in [3.05, 3.63) is 41.9 Å². The molecule has 0 saturated heterocycles. The second-order valence-electron chi connectivity index (χ2n) is 7.47. The summed E-state index contributed by atoms with van der Waals surface area (Å²) in [5, 5.41) is 3.72. The average Bonchev–Trinajstić information content (AvgIpc) is 3.10. The van der Waals surface area contributed by atoms with E-state index in [0.717, 1.165) is 29.2 Å². The Hall–Kier alpha value is -2.62. The molecule has 1 amide bonds. The summed E-state index contributed by atoms with van der Waals surface area (Å²) in [7, 11) is 1.88. The fourth-order valence-electron chi connectivity index (χ4n) is 3.66.